The van der Waals surface area contributed by atoms with Crippen molar-refractivity contribution in [3.05, 3.63) is 58.6 Å². The Morgan fingerprint density at radius 3 is 2.31 bits per heavy atom. The lowest BCUT2D eigenvalue weighted by atomic mass is 10.2. The molecule has 7 nitrogen and oxygen atoms in total. The van der Waals surface area contributed by atoms with E-state index in [1.165, 1.54) is 24.3 Å². The smallest absolute Gasteiger partial charge is 0.248 e. The van der Waals surface area contributed by atoms with Gasteiger partial charge < -0.3 is 11.1 Å². The summed E-state index contributed by atoms with van der Waals surface area (Å²) in [5.41, 5.74) is 6.76. The minimum atomic E-state index is -3.71. The van der Waals surface area contributed by atoms with Crippen molar-refractivity contribution in [1.29, 1.82) is 0 Å². The maximum Gasteiger partial charge on any atom is 0.248 e. The predicted molar refractivity (Wildman–Crippen MR) is 102 cm³/mol. The van der Waals surface area contributed by atoms with Gasteiger partial charge in [-0.05, 0) is 48.9 Å². The van der Waals surface area contributed by atoms with E-state index in [4.69, 9.17) is 17.3 Å². The van der Waals surface area contributed by atoms with Gasteiger partial charge in [0.2, 0.25) is 21.8 Å². The van der Waals surface area contributed by atoms with Crippen molar-refractivity contribution >= 4 is 44.8 Å². The highest BCUT2D eigenvalue weighted by atomic mass is 35.5. The predicted octanol–water partition coefficient (Wildman–Crippen LogP) is 2.15. The summed E-state index contributed by atoms with van der Waals surface area (Å²) in [7, 11) is -3.71. The van der Waals surface area contributed by atoms with E-state index in [-0.39, 0.29) is 0 Å². The van der Waals surface area contributed by atoms with Gasteiger partial charge in [-0.3, -0.25) is 13.9 Å². The van der Waals surface area contributed by atoms with Crippen LogP contribution in [0.1, 0.15) is 15.9 Å². The van der Waals surface area contributed by atoms with E-state index in [0.29, 0.717) is 27.5 Å². The number of nitrogens with two attached hydrogens (primary N) is 1. The van der Waals surface area contributed by atoms with Crippen molar-refractivity contribution in [1.82, 2.24) is 0 Å². The van der Waals surface area contributed by atoms with Gasteiger partial charge in [0.1, 0.15) is 6.54 Å². The van der Waals surface area contributed by atoms with Crippen LogP contribution >= 0.6 is 11.6 Å². The average Bonchev–Trinajstić information content (AvgIpc) is 2.55. The van der Waals surface area contributed by atoms with Crippen molar-refractivity contribution in [2.24, 2.45) is 5.73 Å². The van der Waals surface area contributed by atoms with Crippen LogP contribution < -0.4 is 15.4 Å². The molecule has 0 spiro atoms. The lowest BCUT2D eigenvalue weighted by Crippen LogP contribution is -2.37. The van der Waals surface area contributed by atoms with Gasteiger partial charge in [-0.15, -0.1) is 0 Å². The summed E-state index contributed by atoms with van der Waals surface area (Å²) in [6.07, 6.45) is 1.02. The fraction of sp³-hybridized carbons (Fsp3) is 0.176. The molecule has 0 saturated carbocycles. The second kappa shape index (κ2) is 7.76. The number of benzene rings is 2. The Morgan fingerprint density at radius 1 is 1.15 bits per heavy atom. The average molecular weight is 396 g/mol. The van der Waals surface area contributed by atoms with Gasteiger partial charge >= 0.3 is 0 Å². The third-order valence-electron chi connectivity index (χ3n) is 3.65. The maximum absolute atomic E-state index is 12.3. The highest BCUT2D eigenvalue weighted by molar-refractivity contribution is 7.92. The van der Waals surface area contributed by atoms with E-state index in [1.54, 1.807) is 25.1 Å². The summed E-state index contributed by atoms with van der Waals surface area (Å²) in [5.74, 6) is -1.12. The summed E-state index contributed by atoms with van der Waals surface area (Å²) in [6.45, 7) is 1.26. The molecule has 0 radical (unpaired) electrons. The van der Waals surface area contributed by atoms with Crippen molar-refractivity contribution in [3.8, 4) is 0 Å². The Kier molecular flexibility index (Phi) is 5.89. The topological polar surface area (TPSA) is 110 Å². The lowest BCUT2D eigenvalue weighted by Gasteiger charge is -2.24. The molecule has 0 aliphatic rings. The molecule has 3 N–H and O–H groups in total. The number of halogens is 1. The first-order valence-corrected chi connectivity index (χ1v) is 9.75. The molecule has 138 valence electrons. The number of hydrogen-bond acceptors (Lipinski definition) is 4. The zero-order chi connectivity index (χ0) is 19.5. The van der Waals surface area contributed by atoms with E-state index < -0.39 is 28.4 Å². The number of anilines is 2. The van der Waals surface area contributed by atoms with E-state index in [0.717, 1.165) is 10.6 Å². The maximum atomic E-state index is 12.3. The van der Waals surface area contributed by atoms with Crippen LogP contribution in [0.15, 0.2) is 42.5 Å². The van der Waals surface area contributed by atoms with Gasteiger partial charge in [-0.2, -0.15) is 0 Å². The Labute approximate surface area is 156 Å². The third-order valence-corrected chi connectivity index (χ3v) is 5.18. The van der Waals surface area contributed by atoms with Gasteiger partial charge in [0.25, 0.3) is 0 Å². The Hall–Kier alpha value is -2.58. The number of nitrogens with zero attached hydrogens (tertiary/aromatic N) is 1. The fourth-order valence-corrected chi connectivity index (χ4v) is 3.37. The molecule has 26 heavy (non-hydrogen) atoms. The number of rotatable bonds is 6. The molecule has 2 amide bonds. The van der Waals surface area contributed by atoms with Gasteiger partial charge in [0, 0.05) is 16.3 Å². The van der Waals surface area contributed by atoms with Gasteiger partial charge in [-0.25, -0.2) is 8.42 Å². The van der Waals surface area contributed by atoms with Crippen LogP contribution in [0.5, 0.6) is 0 Å². The van der Waals surface area contributed by atoms with Gasteiger partial charge in [-0.1, -0.05) is 17.7 Å². The quantitative estimate of drug-likeness (QED) is 0.780. The number of hydrogen-bond donors (Lipinski definition) is 2. The molecule has 0 bridgehead atoms. The Balaban J connectivity index is 2.22. The van der Waals surface area contributed by atoms with Crippen LogP contribution in [0.4, 0.5) is 11.4 Å². The van der Waals surface area contributed by atoms with Crippen LogP contribution in [-0.4, -0.2) is 33.0 Å². The number of amides is 2. The fourth-order valence-electron chi connectivity index (χ4n) is 2.30. The molecule has 0 heterocycles. The van der Waals surface area contributed by atoms with Crippen molar-refractivity contribution in [3.63, 3.8) is 0 Å². The molecule has 0 aliphatic carbocycles. The molecule has 2 rings (SSSR count). The molecule has 0 unspecified atom stereocenters. The molecule has 0 fully saturated rings. The third kappa shape index (κ3) is 4.74. The van der Waals surface area contributed by atoms with E-state index in [9.17, 15) is 18.0 Å². The minimum absolute atomic E-state index is 0.301. The Bertz CT molecular complexity index is 943. The first-order chi connectivity index (χ1) is 12.1. The number of primary amides is 1. The molecule has 2 aromatic carbocycles. The molecular formula is C17H18ClN3O4S. The second-order valence-electron chi connectivity index (χ2n) is 5.64. The molecule has 0 atom stereocenters. The molecule has 0 saturated heterocycles. The second-order valence-corrected chi connectivity index (χ2v) is 7.96. The molecule has 0 aromatic heterocycles. The van der Waals surface area contributed by atoms with Crippen molar-refractivity contribution in [2.75, 3.05) is 22.4 Å². The van der Waals surface area contributed by atoms with E-state index >= 15 is 0 Å². The summed E-state index contributed by atoms with van der Waals surface area (Å²) in [6, 6.07) is 10.8. The SMILES string of the molecule is Cc1c(Cl)cccc1N(CC(=O)Nc1ccc(C(N)=O)cc1)S(C)(=O)=O. The van der Waals surface area contributed by atoms with E-state index in [2.05, 4.69) is 5.32 Å². The van der Waals surface area contributed by atoms with Gasteiger partial charge in [0.05, 0.1) is 11.9 Å². The number of carbonyl (C=O) groups excluding carboxylic acids is 2. The highest BCUT2D eigenvalue weighted by Gasteiger charge is 2.23. The van der Waals surface area contributed by atoms with Crippen LogP contribution in [-0.2, 0) is 14.8 Å². The largest absolute Gasteiger partial charge is 0.366 e. The molecule has 9 heteroatoms. The first-order valence-electron chi connectivity index (χ1n) is 7.52. The van der Waals surface area contributed by atoms with Gasteiger partial charge in [0.15, 0.2) is 0 Å². The molecular weight excluding hydrogens is 378 g/mol. The van der Waals surface area contributed by atoms with E-state index in [1.807, 2.05) is 0 Å². The zero-order valence-corrected chi connectivity index (χ0v) is 15.8. The summed E-state index contributed by atoms with van der Waals surface area (Å²) in [5, 5.41) is 2.99. The minimum Gasteiger partial charge on any atom is -0.366 e. The van der Waals surface area contributed by atoms with Crippen molar-refractivity contribution in [2.45, 2.75) is 6.92 Å². The zero-order valence-electron chi connectivity index (χ0n) is 14.2. The van der Waals surface area contributed by atoms with Crippen LogP contribution in [0, 0.1) is 6.92 Å². The standard InChI is InChI=1S/C17H18ClN3O4S/c1-11-14(18)4-3-5-15(11)21(26(2,24)25)10-16(22)20-13-8-6-12(7-9-13)17(19)23/h3-9H,10H2,1-2H3,(H2,19,23)(H,20,22). The van der Waals surface area contributed by atoms with Crippen LogP contribution in [0.2, 0.25) is 5.02 Å². The van der Waals surface area contributed by atoms with Crippen molar-refractivity contribution < 1.29 is 18.0 Å². The highest BCUT2D eigenvalue weighted by Crippen LogP contribution is 2.28. The van der Waals surface area contributed by atoms with Crippen LogP contribution in [0.3, 0.4) is 0 Å². The summed E-state index contributed by atoms with van der Waals surface area (Å²) < 4.78 is 25.3. The summed E-state index contributed by atoms with van der Waals surface area (Å²) >= 11 is 6.05. The first kappa shape index (κ1) is 19.7. The number of carbonyl (C=O) groups is 2. The summed E-state index contributed by atoms with van der Waals surface area (Å²) in [4.78, 5) is 23.4. The number of nitrogens with one attached hydrogen (secondary N) is 1. The molecule has 0 aliphatic heterocycles. The van der Waals surface area contributed by atoms with Crippen LogP contribution in [0.25, 0.3) is 0 Å². The Morgan fingerprint density at radius 2 is 1.77 bits per heavy atom. The monoisotopic (exact) mass is 395 g/mol. The molecule has 2 aromatic rings. The normalized spacial score (nSPS) is 11.0. The lowest BCUT2D eigenvalue weighted by molar-refractivity contribution is -0.114. The number of sulfonamides is 1.